The molecular formula is C15H19FN2O3S. The molecule has 0 spiro atoms. The Kier molecular flexibility index (Phi) is 5.61. The summed E-state index contributed by atoms with van der Waals surface area (Å²) >= 11 is 0. The van der Waals surface area contributed by atoms with Crippen LogP contribution in [-0.2, 0) is 10.0 Å². The summed E-state index contributed by atoms with van der Waals surface area (Å²) in [6.45, 7) is 0. The van der Waals surface area contributed by atoms with Crippen LogP contribution < -0.4 is 9.46 Å². The normalized spacial score (nSPS) is 15.5. The molecule has 1 aromatic rings. The van der Waals surface area contributed by atoms with Crippen molar-refractivity contribution in [3.05, 3.63) is 24.0 Å². The number of nitriles is 1. The first-order valence-corrected chi connectivity index (χ1v) is 8.99. The van der Waals surface area contributed by atoms with E-state index in [0.717, 1.165) is 31.7 Å². The highest BCUT2D eigenvalue weighted by Crippen LogP contribution is 2.27. The largest absolute Gasteiger partial charge is 0.487 e. The zero-order valence-electron chi connectivity index (χ0n) is 12.2. The lowest BCUT2D eigenvalue weighted by atomic mass is 10.2. The minimum absolute atomic E-state index is 0.0445. The maximum absolute atomic E-state index is 14.0. The van der Waals surface area contributed by atoms with Crippen molar-refractivity contribution in [3.8, 4) is 11.8 Å². The first kappa shape index (κ1) is 16.6. The average Bonchev–Trinajstić information content (AvgIpc) is 2.94. The van der Waals surface area contributed by atoms with Gasteiger partial charge in [-0.25, -0.2) is 12.8 Å². The molecule has 0 aromatic heterocycles. The van der Waals surface area contributed by atoms with Crippen LogP contribution in [0.5, 0.6) is 5.75 Å². The molecule has 1 saturated carbocycles. The van der Waals surface area contributed by atoms with E-state index in [1.165, 1.54) is 12.1 Å². The summed E-state index contributed by atoms with van der Waals surface area (Å²) in [5.41, 5.74) is 0.160. The molecule has 1 aliphatic carbocycles. The number of sulfonamides is 1. The zero-order valence-corrected chi connectivity index (χ0v) is 13.0. The van der Waals surface area contributed by atoms with Crippen molar-refractivity contribution < 1.29 is 17.5 Å². The van der Waals surface area contributed by atoms with Gasteiger partial charge in [0.2, 0.25) is 10.0 Å². The molecule has 0 unspecified atom stereocenters. The van der Waals surface area contributed by atoms with E-state index in [1.54, 1.807) is 0 Å². The van der Waals surface area contributed by atoms with E-state index in [4.69, 9.17) is 10.00 Å². The minimum atomic E-state index is -3.57. The molecule has 1 aromatic carbocycles. The Bertz CT molecular complexity index is 649. The Morgan fingerprint density at radius 1 is 1.36 bits per heavy atom. The van der Waals surface area contributed by atoms with Crippen LogP contribution >= 0.6 is 0 Å². The lowest BCUT2D eigenvalue weighted by Gasteiger charge is -2.14. The van der Waals surface area contributed by atoms with Gasteiger partial charge in [-0.3, -0.25) is 4.72 Å². The molecule has 1 N–H and O–H groups in total. The number of anilines is 1. The SMILES string of the molecule is N#CCCCS(=O)(=O)Nc1ccc(OC2CCCC2)c(F)c1. The minimum Gasteiger partial charge on any atom is -0.487 e. The van der Waals surface area contributed by atoms with Crippen molar-refractivity contribution in [1.82, 2.24) is 0 Å². The van der Waals surface area contributed by atoms with Crippen LogP contribution in [0.15, 0.2) is 18.2 Å². The van der Waals surface area contributed by atoms with Gasteiger partial charge in [0.15, 0.2) is 11.6 Å². The maximum atomic E-state index is 14.0. The molecule has 0 saturated heterocycles. The predicted molar refractivity (Wildman–Crippen MR) is 81.5 cm³/mol. The molecule has 5 nitrogen and oxygen atoms in total. The van der Waals surface area contributed by atoms with Crippen molar-refractivity contribution in [3.63, 3.8) is 0 Å². The van der Waals surface area contributed by atoms with E-state index >= 15 is 0 Å². The van der Waals surface area contributed by atoms with Crippen molar-refractivity contribution in [2.45, 2.75) is 44.6 Å². The predicted octanol–water partition coefficient (Wildman–Crippen LogP) is 3.19. The molecular weight excluding hydrogens is 307 g/mol. The van der Waals surface area contributed by atoms with Gasteiger partial charge in [0, 0.05) is 12.5 Å². The fourth-order valence-electron chi connectivity index (χ4n) is 2.42. The number of hydrogen-bond donors (Lipinski definition) is 1. The quantitative estimate of drug-likeness (QED) is 0.780. The molecule has 0 bridgehead atoms. The number of rotatable bonds is 7. The third-order valence-electron chi connectivity index (χ3n) is 3.50. The molecule has 0 heterocycles. The highest BCUT2D eigenvalue weighted by Gasteiger charge is 2.19. The van der Waals surface area contributed by atoms with E-state index in [1.807, 2.05) is 6.07 Å². The Balaban J connectivity index is 1.98. The summed E-state index contributed by atoms with van der Waals surface area (Å²) < 4.78 is 45.4. The molecule has 0 atom stereocenters. The highest BCUT2D eigenvalue weighted by molar-refractivity contribution is 7.92. The third-order valence-corrected chi connectivity index (χ3v) is 4.88. The molecule has 22 heavy (non-hydrogen) atoms. The van der Waals surface area contributed by atoms with Gasteiger partial charge in [-0.15, -0.1) is 0 Å². The number of nitrogens with zero attached hydrogens (tertiary/aromatic N) is 1. The van der Waals surface area contributed by atoms with Gasteiger partial charge in [0.1, 0.15) is 0 Å². The van der Waals surface area contributed by atoms with Crippen LogP contribution in [0.3, 0.4) is 0 Å². The molecule has 0 aliphatic heterocycles. The Morgan fingerprint density at radius 3 is 2.73 bits per heavy atom. The molecule has 0 amide bonds. The van der Waals surface area contributed by atoms with Crippen LogP contribution in [0.25, 0.3) is 0 Å². The molecule has 1 aliphatic rings. The van der Waals surface area contributed by atoms with Crippen molar-refractivity contribution in [2.75, 3.05) is 10.5 Å². The van der Waals surface area contributed by atoms with Crippen LogP contribution in [0.1, 0.15) is 38.5 Å². The Hall–Kier alpha value is -1.81. The summed E-state index contributed by atoms with van der Waals surface area (Å²) in [6.07, 6.45) is 4.49. The number of benzene rings is 1. The number of nitrogens with one attached hydrogen (secondary N) is 1. The van der Waals surface area contributed by atoms with Gasteiger partial charge >= 0.3 is 0 Å². The molecule has 2 rings (SSSR count). The molecule has 7 heteroatoms. The van der Waals surface area contributed by atoms with Gasteiger partial charge in [-0.1, -0.05) is 0 Å². The summed E-state index contributed by atoms with van der Waals surface area (Å²) in [4.78, 5) is 0. The molecule has 120 valence electrons. The van der Waals surface area contributed by atoms with E-state index in [2.05, 4.69) is 4.72 Å². The van der Waals surface area contributed by atoms with Crippen molar-refractivity contribution >= 4 is 15.7 Å². The van der Waals surface area contributed by atoms with Crippen LogP contribution in [0, 0.1) is 17.1 Å². The van der Waals surface area contributed by atoms with Crippen molar-refractivity contribution in [2.24, 2.45) is 0 Å². The fraction of sp³-hybridized carbons (Fsp3) is 0.533. The zero-order chi connectivity index (χ0) is 16.0. The van der Waals surface area contributed by atoms with E-state index in [0.29, 0.717) is 0 Å². The van der Waals surface area contributed by atoms with Gasteiger partial charge in [-0.05, 0) is 44.2 Å². The topological polar surface area (TPSA) is 79.2 Å². The standard InChI is InChI=1S/C15H19FN2O3S/c16-14-11-12(18-22(19,20)10-4-3-9-17)7-8-15(14)21-13-5-1-2-6-13/h7-8,11,13,18H,1-6,10H2. The highest BCUT2D eigenvalue weighted by atomic mass is 32.2. The number of halogens is 1. The van der Waals surface area contributed by atoms with Crippen LogP contribution in [-0.4, -0.2) is 20.3 Å². The number of unbranched alkanes of at least 4 members (excludes halogenated alkanes) is 1. The van der Waals surface area contributed by atoms with Crippen molar-refractivity contribution in [1.29, 1.82) is 5.26 Å². The summed E-state index contributed by atoms with van der Waals surface area (Å²) in [5.74, 6) is -0.592. The summed E-state index contributed by atoms with van der Waals surface area (Å²) in [5, 5.41) is 8.41. The third kappa shape index (κ3) is 4.88. The van der Waals surface area contributed by atoms with E-state index < -0.39 is 15.8 Å². The Labute approximate surface area is 130 Å². The lowest BCUT2D eigenvalue weighted by molar-refractivity contribution is 0.201. The van der Waals surface area contributed by atoms with Crippen LogP contribution in [0.2, 0.25) is 0 Å². The Morgan fingerprint density at radius 2 is 2.09 bits per heavy atom. The van der Waals surface area contributed by atoms with Gasteiger partial charge in [0.05, 0.1) is 23.6 Å². The lowest BCUT2D eigenvalue weighted by Crippen LogP contribution is -2.17. The second-order valence-corrected chi connectivity index (χ2v) is 7.19. The number of ether oxygens (including phenoxy) is 1. The first-order chi connectivity index (χ1) is 10.5. The van der Waals surface area contributed by atoms with Gasteiger partial charge in [-0.2, -0.15) is 5.26 Å². The fourth-order valence-corrected chi connectivity index (χ4v) is 3.53. The first-order valence-electron chi connectivity index (χ1n) is 7.34. The van der Waals surface area contributed by atoms with E-state index in [-0.39, 0.29) is 36.1 Å². The molecule has 1 fully saturated rings. The monoisotopic (exact) mass is 326 g/mol. The second-order valence-electron chi connectivity index (χ2n) is 5.35. The summed E-state index contributed by atoms with van der Waals surface area (Å²) in [7, 11) is -3.57. The molecule has 0 radical (unpaired) electrons. The number of hydrogen-bond acceptors (Lipinski definition) is 4. The van der Waals surface area contributed by atoms with E-state index in [9.17, 15) is 12.8 Å². The average molecular weight is 326 g/mol. The van der Waals surface area contributed by atoms with Gasteiger partial charge < -0.3 is 4.74 Å². The van der Waals surface area contributed by atoms with Gasteiger partial charge in [0.25, 0.3) is 0 Å². The maximum Gasteiger partial charge on any atom is 0.232 e. The smallest absolute Gasteiger partial charge is 0.232 e. The second kappa shape index (κ2) is 7.45. The summed E-state index contributed by atoms with van der Waals surface area (Å²) in [6, 6.07) is 5.93. The van der Waals surface area contributed by atoms with Crippen LogP contribution in [0.4, 0.5) is 10.1 Å².